The Morgan fingerprint density at radius 2 is 1.72 bits per heavy atom. The van der Waals surface area contributed by atoms with Gasteiger partial charge in [-0.2, -0.15) is 0 Å². The maximum Gasteiger partial charge on any atom is 0.0890 e. The number of pyridine rings is 2. The Morgan fingerprint density at radius 3 is 2.33 bits per heavy atom. The lowest BCUT2D eigenvalue weighted by Crippen LogP contribution is -1.88. The van der Waals surface area contributed by atoms with Crippen LogP contribution in [0.5, 0.6) is 0 Å². The molecule has 2 aromatic rings. The molecule has 18 heavy (non-hydrogen) atoms. The predicted octanol–water partition coefficient (Wildman–Crippen LogP) is 4.95. The zero-order valence-electron chi connectivity index (χ0n) is 12.0. The first kappa shape index (κ1) is 14.6. The Kier molecular flexibility index (Phi) is 6.34. The first-order valence-corrected chi connectivity index (χ1v) is 7.06. The molecule has 0 amide bonds. The second-order valence-corrected chi connectivity index (χ2v) is 4.26. The largest absolute Gasteiger partial charge is 0.255 e. The van der Waals surface area contributed by atoms with E-state index in [1.807, 2.05) is 26.0 Å². The highest BCUT2D eigenvalue weighted by Gasteiger charge is 2.24. The molecule has 0 aliphatic heterocycles. The highest BCUT2D eigenvalue weighted by molar-refractivity contribution is 5.73. The first-order chi connectivity index (χ1) is 8.85. The minimum Gasteiger partial charge on any atom is -0.255 e. The first-order valence-electron chi connectivity index (χ1n) is 7.06. The Morgan fingerprint density at radius 1 is 1.06 bits per heavy atom. The Labute approximate surface area is 110 Å². The molecule has 98 valence electrons. The smallest absolute Gasteiger partial charge is 0.0890 e. The Bertz CT molecular complexity index is 461. The summed E-state index contributed by atoms with van der Waals surface area (Å²) in [5.41, 5.74) is 3.25. The monoisotopic (exact) mass is 244 g/mol. The van der Waals surface area contributed by atoms with Crippen molar-refractivity contribution >= 4 is 11.0 Å². The van der Waals surface area contributed by atoms with Crippen LogP contribution in [0.4, 0.5) is 0 Å². The van der Waals surface area contributed by atoms with Crippen LogP contribution in [0.25, 0.3) is 11.0 Å². The summed E-state index contributed by atoms with van der Waals surface area (Å²) in [5, 5.41) is 0. The molecule has 2 aromatic heterocycles. The van der Waals surface area contributed by atoms with E-state index in [0.717, 1.165) is 17.0 Å². The second-order valence-electron chi connectivity index (χ2n) is 4.26. The van der Waals surface area contributed by atoms with Crippen LogP contribution in [-0.4, -0.2) is 9.97 Å². The van der Waals surface area contributed by atoms with Crippen molar-refractivity contribution in [1.29, 1.82) is 0 Å². The molecule has 1 saturated carbocycles. The van der Waals surface area contributed by atoms with Gasteiger partial charge in [0.2, 0.25) is 0 Å². The van der Waals surface area contributed by atoms with Gasteiger partial charge in [0.25, 0.3) is 0 Å². The van der Waals surface area contributed by atoms with Crippen LogP contribution in [0.2, 0.25) is 0 Å². The van der Waals surface area contributed by atoms with Gasteiger partial charge in [-0.25, -0.2) is 0 Å². The SMILES string of the molecule is CC.CCC.c1cnc2ccc(C3CC3)nc2c1. The molecule has 0 saturated heterocycles. The minimum absolute atomic E-state index is 0.726. The molecule has 0 N–H and O–H groups in total. The van der Waals surface area contributed by atoms with Gasteiger partial charge in [-0.15, -0.1) is 0 Å². The summed E-state index contributed by atoms with van der Waals surface area (Å²) in [6.07, 6.45) is 5.67. The molecule has 0 bridgehead atoms. The highest BCUT2D eigenvalue weighted by Crippen LogP contribution is 2.39. The zero-order chi connectivity index (χ0) is 13.4. The molecular formula is C16H24N2. The molecule has 0 unspecified atom stereocenters. The summed E-state index contributed by atoms with van der Waals surface area (Å²) < 4.78 is 0. The van der Waals surface area contributed by atoms with Gasteiger partial charge in [-0.1, -0.05) is 34.1 Å². The fraction of sp³-hybridized carbons (Fsp3) is 0.500. The van der Waals surface area contributed by atoms with Crippen LogP contribution < -0.4 is 0 Å². The van der Waals surface area contributed by atoms with Crippen molar-refractivity contribution in [3.05, 3.63) is 36.2 Å². The van der Waals surface area contributed by atoms with E-state index in [1.165, 1.54) is 25.0 Å². The third kappa shape index (κ3) is 4.10. The number of rotatable bonds is 1. The van der Waals surface area contributed by atoms with Crippen molar-refractivity contribution < 1.29 is 0 Å². The van der Waals surface area contributed by atoms with Gasteiger partial charge in [0, 0.05) is 17.8 Å². The van der Waals surface area contributed by atoms with Gasteiger partial charge in [0.05, 0.1) is 11.0 Å². The van der Waals surface area contributed by atoms with Gasteiger partial charge < -0.3 is 0 Å². The van der Waals surface area contributed by atoms with Crippen molar-refractivity contribution in [3.63, 3.8) is 0 Å². The highest BCUT2D eigenvalue weighted by atomic mass is 14.8. The average molecular weight is 244 g/mol. The molecular weight excluding hydrogens is 220 g/mol. The van der Waals surface area contributed by atoms with Crippen molar-refractivity contribution in [1.82, 2.24) is 9.97 Å². The van der Waals surface area contributed by atoms with Gasteiger partial charge in [-0.05, 0) is 37.1 Å². The van der Waals surface area contributed by atoms with Crippen LogP contribution in [0.1, 0.15) is 58.6 Å². The zero-order valence-corrected chi connectivity index (χ0v) is 12.0. The number of hydrogen-bond donors (Lipinski definition) is 0. The molecule has 1 fully saturated rings. The topological polar surface area (TPSA) is 25.8 Å². The summed E-state index contributed by atoms with van der Waals surface area (Å²) in [5.74, 6) is 0.726. The van der Waals surface area contributed by atoms with Gasteiger partial charge in [-0.3, -0.25) is 9.97 Å². The van der Waals surface area contributed by atoms with Crippen LogP contribution in [0, 0.1) is 0 Å². The van der Waals surface area contributed by atoms with Crippen LogP contribution >= 0.6 is 0 Å². The van der Waals surface area contributed by atoms with E-state index in [1.54, 1.807) is 6.20 Å². The molecule has 0 spiro atoms. The summed E-state index contributed by atoms with van der Waals surface area (Å²) in [6, 6.07) is 8.13. The number of nitrogens with zero attached hydrogens (tertiary/aromatic N) is 2. The second kappa shape index (κ2) is 7.80. The molecule has 2 heteroatoms. The summed E-state index contributed by atoms with van der Waals surface area (Å²) in [6.45, 7) is 8.25. The molecule has 1 aliphatic rings. The summed E-state index contributed by atoms with van der Waals surface area (Å²) in [4.78, 5) is 8.81. The lowest BCUT2D eigenvalue weighted by molar-refractivity contribution is 1.04. The van der Waals surface area contributed by atoms with Crippen LogP contribution in [0.3, 0.4) is 0 Å². The molecule has 0 radical (unpaired) electrons. The number of aromatic nitrogens is 2. The standard InChI is InChI=1S/C11H10N2.C3H8.C2H6/c1-2-11-10(12-7-1)6-5-9(13-11)8-3-4-8;1-3-2;1-2/h1-2,5-8H,3-4H2;3H2,1-2H3;1-2H3. The fourth-order valence-electron chi connectivity index (χ4n) is 1.58. The van der Waals surface area contributed by atoms with E-state index >= 15 is 0 Å². The molecule has 0 atom stereocenters. The van der Waals surface area contributed by atoms with E-state index in [0.29, 0.717) is 0 Å². The van der Waals surface area contributed by atoms with Crippen LogP contribution in [0.15, 0.2) is 30.5 Å². The number of hydrogen-bond acceptors (Lipinski definition) is 2. The average Bonchev–Trinajstić information content (AvgIpc) is 3.26. The van der Waals surface area contributed by atoms with E-state index < -0.39 is 0 Å². The maximum atomic E-state index is 4.57. The summed E-state index contributed by atoms with van der Waals surface area (Å²) in [7, 11) is 0. The predicted molar refractivity (Wildman–Crippen MR) is 78.8 cm³/mol. The maximum absolute atomic E-state index is 4.57. The number of fused-ring (bicyclic) bond motifs is 1. The van der Waals surface area contributed by atoms with Gasteiger partial charge in [0.15, 0.2) is 0 Å². The molecule has 2 heterocycles. The molecule has 1 aliphatic carbocycles. The van der Waals surface area contributed by atoms with E-state index in [4.69, 9.17) is 0 Å². The minimum atomic E-state index is 0.726. The third-order valence-corrected chi connectivity index (χ3v) is 2.47. The van der Waals surface area contributed by atoms with Crippen molar-refractivity contribution in [3.8, 4) is 0 Å². The van der Waals surface area contributed by atoms with Crippen molar-refractivity contribution in [2.45, 2.75) is 52.9 Å². The van der Waals surface area contributed by atoms with E-state index in [2.05, 4.69) is 35.9 Å². The fourth-order valence-corrected chi connectivity index (χ4v) is 1.58. The van der Waals surface area contributed by atoms with E-state index in [-0.39, 0.29) is 0 Å². The summed E-state index contributed by atoms with van der Waals surface area (Å²) >= 11 is 0. The Hall–Kier alpha value is -1.44. The van der Waals surface area contributed by atoms with Gasteiger partial charge >= 0.3 is 0 Å². The Balaban J connectivity index is 0.000000288. The molecule has 0 aromatic carbocycles. The van der Waals surface area contributed by atoms with Gasteiger partial charge in [0.1, 0.15) is 0 Å². The normalized spacial score (nSPS) is 13.1. The molecule has 2 nitrogen and oxygen atoms in total. The molecule has 3 rings (SSSR count). The van der Waals surface area contributed by atoms with E-state index in [9.17, 15) is 0 Å². The van der Waals surface area contributed by atoms with Crippen molar-refractivity contribution in [2.75, 3.05) is 0 Å². The lowest BCUT2D eigenvalue weighted by Gasteiger charge is -1.99. The van der Waals surface area contributed by atoms with Crippen LogP contribution in [-0.2, 0) is 0 Å². The lowest BCUT2D eigenvalue weighted by atomic mass is 10.2. The quantitative estimate of drug-likeness (QED) is 0.709. The van der Waals surface area contributed by atoms with Crippen molar-refractivity contribution in [2.24, 2.45) is 0 Å². The third-order valence-electron chi connectivity index (χ3n) is 2.47.